The van der Waals surface area contributed by atoms with Crippen molar-refractivity contribution in [1.82, 2.24) is 19.6 Å². The molecule has 0 aliphatic rings. The van der Waals surface area contributed by atoms with Crippen LogP contribution in [-0.4, -0.2) is 32.2 Å². The fraction of sp³-hybridized carbons (Fsp3) is 0.294. The van der Waals surface area contributed by atoms with Crippen LogP contribution in [0.4, 0.5) is 0 Å². The lowest BCUT2D eigenvalue weighted by molar-refractivity contribution is 0.0722. The van der Waals surface area contributed by atoms with E-state index in [9.17, 15) is 4.79 Å². The van der Waals surface area contributed by atoms with E-state index < -0.39 is 5.97 Å². The fourth-order valence-electron chi connectivity index (χ4n) is 2.23. The highest BCUT2D eigenvalue weighted by Gasteiger charge is 2.17. The summed E-state index contributed by atoms with van der Waals surface area (Å²) < 4.78 is 12.3. The summed E-state index contributed by atoms with van der Waals surface area (Å²) in [4.78, 5) is 20.6. The highest BCUT2D eigenvalue weighted by Crippen LogP contribution is 2.18. The highest BCUT2D eigenvalue weighted by molar-refractivity contribution is 5.87. The zero-order valence-corrected chi connectivity index (χ0v) is 13.8. The van der Waals surface area contributed by atoms with E-state index in [-0.39, 0.29) is 5.82 Å². The first-order valence-electron chi connectivity index (χ1n) is 7.73. The van der Waals surface area contributed by atoms with Gasteiger partial charge in [-0.15, -0.1) is 5.10 Å². The second-order valence-corrected chi connectivity index (χ2v) is 5.40. The van der Waals surface area contributed by atoms with Crippen molar-refractivity contribution < 1.29 is 14.3 Å². The van der Waals surface area contributed by atoms with Crippen LogP contribution in [0.15, 0.2) is 30.3 Å². The van der Waals surface area contributed by atoms with Gasteiger partial charge in [-0.1, -0.05) is 6.92 Å². The lowest BCUT2D eigenvalue weighted by atomic mass is 10.3. The molecule has 0 atom stereocenters. The Balaban J connectivity index is 1.76. The van der Waals surface area contributed by atoms with Crippen LogP contribution in [0.3, 0.4) is 0 Å². The Hall–Kier alpha value is -2.96. The molecule has 124 valence electrons. The largest absolute Gasteiger partial charge is 0.494 e. The molecule has 2 aromatic heterocycles. The van der Waals surface area contributed by atoms with E-state index in [0.29, 0.717) is 18.1 Å². The molecule has 0 amide bonds. The minimum Gasteiger partial charge on any atom is -0.494 e. The third kappa shape index (κ3) is 3.34. The number of aromatic nitrogens is 4. The zero-order valence-electron chi connectivity index (χ0n) is 13.8. The number of aryl methyl sites for hydroxylation is 2. The molecule has 7 nitrogen and oxygen atoms in total. The molecule has 3 aromatic rings. The topological polar surface area (TPSA) is 78.6 Å². The fourth-order valence-corrected chi connectivity index (χ4v) is 2.23. The number of rotatable bonds is 5. The molecule has 0 radical (unpaired) electrons. The van der Waals surface area contributed by atoms with Gasteiger partial charge in [0.25, 0.3) is 11.6 Å². The van der Waals surface area contributed by atoms with Crippen LogP contribution in [0, 0.1) is 13.8 Å². The van der Waals surface area contributed by atoms with E-state index in [2.05, 4.69) is 15.1 Å². The average Bonchev–Trinajstić information content (AvgIpc) is 2.98. The van der Waals surface area contributed by atoms with E-state index in [1.165, 1.54) is 4.52 Å². The number of carbonyl (C=O) groups excluding carboxylic acids is 1. The van der Waals surface area contributed by atoms with Gasteiger partial charge in [0.05, 0.1) is 6.61 Å². The molecular weight excluding hydrogens is 308 g/mol. The minimum absolute atomic E-state index is 0.0255. The lowest BCUT2D eigenvalue weighted by Crippen LogP contribution is -2.11. The summed E-state index contributed by atoms with van der Waals surface area (Å²) in [6.45, 7) is 6.43. The number of esters is 1. The maximum Gasteiger partial charge on any atom is 0.383 e. The van der Waals surface area contributed by atoms with Gasteiger partial charge in [0, 0.05) is 11.4 Å². The van der Waals surface area contributed by atoms with Gasteiger partial charge in [0.15, 0.2) is 0 Å². The molecule has 0 aliphatic carbocycles. The molecule has 7 heteroatoms. The molecule has 0 saturated carbocycles. The van der Waals surface area contributed by atoms with Crippen LogP contribution >= 0.6 is 0 Å². The van der Waals surface area contributed by atoms with Crippen molar-refractivity contribution in [1.29, 1.82) is 0 Å². The third-order valence-electron chi connectivity index (χ3n) is 3.31. The normalized spacial score (nSPS) is 10.8. The first kappa shape index (κ1) is 15.9. The average molecular weight is 326 g/mol. The Morgan fingerprint density at radius 3 is 2.54 bits per heavy atom. The Labute approximate surface area is 139 Å². The van der Waals surface area contributed by atoms with E-state index in [1.807, 2.05) is 26.8 Å². The van der Waals surface area contributed by atoms with Gasteiger partial charge >= 0.3 is 5.97 Å². The first-order chi connectivity index (χ1) is 11.6. The molecule has 0 saturated heterocycles. The SMILES string of the molecule is CCCOc1ccc(OC(=O)c2nc3nc(C)cc(C)n3n2)cc1. The van der Waals surface area contributed by atoms with Crippen LogP contribution in [0.2, 0.25) is 0 Å². The molecule has 3 rings (SSSR count). The Bertz CT molecular complexity index is 871. The van der Waals surface area contributed by atoms with Crippen LogP contribution in [0.25, 0.3) is 5.78 Å². The number of carbonyl (C=O) groups is 1. The van der Waals surface area contributed by atoms with Gasteiger partial charge in [-0.3, -0.25) is 0 Å². The predicted molar refractivity (Wildman–Crippen MR) is 87.4 cm³/mol. The monoisotopic (exact) mass is 326 g/mol. The molecule has 0 spiro atoms. The predicted octanol–water partition coefficient (Wildman–Crippen LogP) is 2.75. The Kier molecular flexibility index (Phi) is 4.41. The van der Waals surface area contributed by atoms with E-state index in [4.69, 9.17) is 9.47 Å². The molecule has 2 heterocycles. The number of hydrogen-bond acceptors (Lipinski definition) is 6. The summed E-state index contributed by atoms with van der Waals surface area (Å²) in [6, 6.07) is 8.72. The zero-order chi connectivity index (χ0) is 17.1. The van der Waals surface area contributed by atoms with Crippen molar-refractivity contribution in [3.05, 3.63) is 47.5 Å². The number of ether oxygens (including phenoxy) is 2. The molecule has 24 heavy (non-hydrogen) atoms. The van der Waals surface area contributed by atoms with Gasteiger partial charge in [-0.25, -0.2) is 14.3 Å². The maximum absolute atomic E-state index is 12.2. The summed E-state index contributed by atoms with van der Waals surface area (Å²) in [6.07, 6.45) is 0.934. The molecule has 1 aromatic carbocycles. The van der Waals surface area contributed by atoms with Gasteiger partial charge in [-0.2, -0.15) is 4.98 Å². The van der Waals surface area contributed by atoms with Gasteiger partial charge in [-0.05, 0) is 50.6 Å². The van der Waals surface area contributed by atoms with Gasteiger partial charge in [0.1, 0.15) is 11.5 Å². The smallest absolute Gasteiger partial charge is 0.383 e. The molecular formula is C17H18N4O3. The van der Waals surface area contributed by atoms with Crippen molar-refractivity contribution in [2.45, 2.75) is 27.2 Å². The van der Waals surface area contributed by atoms with Crippen LogP contribution in [0.5, 0.6) is 11.5 Å². The van der Waals surface area contributed by atoms with Crippen LogP contribution in [-0.2, 0) is 0 Å². The molecule has 0 aliphatic heterocycles. The third-order valence-corrected chi connectivity index (χ3v) is 3.31. The molecule has 0 unspecified atom stereocenters. The minimum atomic E-state index is -0.625. The molecule has 0 bridgehead atoms. The summed E-state index contributed by atoms with van der Waals surface area (Å²) in [5, 5.41) is 4.15. The lowest BCUT2D eigenvalue weighted by Gasteiger charge is -2.05. The van der Waals surface area contributed by atoms with Gasteiger partial charge < -0.3 is 9.47 Å². The second-order valence-electron chi connectivity index (χ2n) is 5.40. The number of nitrogens with zero attached hydrogens (tertiary/aromatic N) is 4. The van der Waals surface area contributed by atoms with Crippen molar-refractivity contribution in [3.8, 4) is 11.5 Å². The van der Waals surface area contributed by atoms with E-state index in [0.717, 1.165) is 23.6 Å². The van der Waals surface area contributed by atoms with E-state index >= 15 is 0 Å². The highest BCUT2D eigenvalue weighted by atomic mass is 16.5. The maximum atomic E-state index is 12.2. The number of fused-ring (bicyclic) bond motifs is 1. The number of benzene rings is 1. The number of hydrogen-bond donors (Lipinski definition) is 0. The summed E-state index contributed by atoms with van der Waals surface area (Å²) in [7, 11) is 0. The van der Waals surface area contributed by atoms with Crippen LogP contribution < -0.4 is 9.47 Å². The second kappa shape index (κ2) is 6.66. The van der Waals surface area contributed by atoms with E-state index in [1.54, 1.807) is 24.3 Å². The van der Waals surface area contributed by atoms with Gasteiger partial charge in [0.2, 0.25) is 0 Å². The molecule has 0 N–H and O–H groups in total. The first-order valence-corrected chi connectivity index (χ1v) is 7.73. The summed E-state index contributed by atoms with van der Waals surface area (Å²) >= 11 is 0. The quantitative estimate of drug-likeness (QED) is 0.530. The standard InChI is InChI=1S/C17H18N4O3/c1-4-9-23-13-5-7-14(8-6-13)24-16(22)15-19-17-18-11(2)10-12(3)21(17)20-15/h5-8,10H,4,9H2,1-3H3. The van der Waals surface area contributed by atoms with Crippen molar-refractivity contribution in [3.63, 3.8) is 0 Å². The summed E-state index contributed by atoms with van der Waals surface area (Å²) in [5.74, 6) is 0.867. The Morgan fingerprint density at radius 1 is 1.12 bits per heavy atom. The van der Waals surface area contributed by atoms with Crippen molar-refractivity contribution in [2.24, 2.45) is 0 Å². The Morgan fingerprint density at radius 2 is 1.83 bits per heavy atom. The molecule has 0 fully saturated rings. The van der Waals surface area contributed by atoms with Crippen molar-refractivity contribution >= 4 is 11.7 Å². The van der Waals surface area contributed by atoms with Crippen molar-refractivity contribution in [2.75, 3.05) is 6.61 Å². The van der Waals surface area contributed by atoms with Crippen LogP contribution in [0.1, 0.15) is 35.4 Å². The summed E-state index contributed by atoms with van der Waals surface area (Å²) in [5.41, 5.74) is 1.66.